The number of aromatic nitrogens is 3. The van der Waals surface area contributed by atoms with Crippen LogP contribution in [0, 0.1) is 0 Å². The molecule has 2 aromatic rings. The summed E-state index contributed by atoms with van der Waals surface area (Å²) in [5, 5.41) is 17.2. The predicted octanol–water partition coefficient (Wildman–Crippen LogP) is 2.60. The maximum Gasteiger partial charge on any atom is 0.358 e. The minimum Gasteiger partial charge on any atom is -0.476 e. The Morgan fingerprint density at radius 1 is 1.32 bits per heavy atom. The van der Waals surface area contributed by atoms with Crippen LogP contribution in [0.1, 0.15) is 48.8 Å². The van der Waals surface area contributed by atoms with E-state index in [1.165, 1.54) is 0 Å². The largest absolute Gasteiger partial charge is 0.476 e. The number of fused-ring (bicyclic) bond motifs is 1. The smallest absolute Gasteiger partial charge is 0.358 e. The molecule has 0 spiro atoms. The van der Waals surface area contributed by atoms with Gasteiger partial charge >= 0.3 is 5.97 Å². The van der Waals surface area contributed by atoms with Gasteiger partial charge in [-0.3, -0.25) is 0 Å². The molecule has 0 saturated heterocycles. The lowest BCUT2D eigenvalue weighted by Crippen LogP contribution is -2.11. The summed E-state index contributed by atoms with van der Waals surface area (Å²) < 4.78 is 12.2. The summed E-state index contributed by atoms with van der Waals surface area (Å²) in [6.07, 6.45) is 1.63. The van der Waals surface area contributed by atoms with E-state index in [0.29, 0.717) is 22.9 Å². The van der Waals surface area contributed by atoms with Gasteiger partial charge in [0.25, 0.3) is 0 Å². The minimum absolute atomic E-state index is 0.00590. The van der Waals surface area contributed by atoms with Crippen LogP contribution >= 0.6 is 0 Å². The molecule has 1 aromatic carbocycles. The minimum atomic E-state index is -1.06. The Labute approximate surface area is 127 Å². The first kappa shape index (κ1) is 14.4. The van der Waals surface area contributed by atoms with E-state index < -0.39 is 5.97 Å². The number of ether oxygens (including phenoxy) is 2. The molecule has 0 radical (unpaired) electrons. The van der Waals surface area contributed by atoms with Crippen LogP contribution in [-0.4, -0.2) is 32.9 Å². The molecule has 7 nitrogen and oxygen atoms in total. The average molecular weight is 303 g/mol. The van der Waals surface area contributed by atoms with Crippen LogP contribution in [0.3, 0.4) is 0 Å². The number of carboxylic acid groups (broad SMARTS) is 1. The van der Waals surface area contributed by atoms with E-state index >= 15 is 0 Å². The third kappa shape index (κ3) is 2.28. The number of carbonyl (C=O) groups is 1. The highest BCUT2D eigenvalue weighted by Crippen LogP contribution is 2.35. The fourth-order valence-corrected chi connectivity index (χ4v) is 2.69. The molecule has 0 amide bonds. The number of hydrogen-bond donors (Lipinski definition) is 1. The zero-order chi connectivity index (χ0) is 15.7. The quantitative estimate of drug-likeness (QED) is 0.913. The summed E-state index contributed by atoms with van der Waals surface area (Å²) in [7, 11) is 0. The Balaban J connectivity index is 2.12. The topological polar surface area (TPSA) is 86.5 Å². The van der Waals surface area contributed by atoms with Crippen molar-refractivity contribution >= 4 is 5.97 Å². The lowest BCUT2D eigenvalue weighted by atomic mass is 9.97. The van der Waals surface area contributed by atoms with E-state index in [0.717, 1.165) is 12.8 Å². The van der Waals surface area contributed by atoms with E-state index in [9.17, 15) is 9.90 Å². The van der Waals surface area contributed by atoms with Gasteiger partial charge in [-0.2, -0.15) is 0 Å². The summed E-state index contributed by atoms with van der Waals surface area (Å²) in [4.78, 5) is 11.4. The van der Waals surface area contributed by atoms with Crippen molar-refractivity contribution in [3.8, 4) is 17.2 Å². The Hall–Kier alpha value is -2.57. The normalized spacial score (nSPS) is 12.9. The molecule has 0 unspecified atom stereocenters. The lowest BCUT2D eigenvalue weighted by Gasteiger charge is -2.15. The van der Waals surface area contributed by atoms with Crippen molar-refractivity contribution in [1.29, 1.82) is 0 Å². The fraction of sp³-hybridized carbons (Fsp3) is 0.400. The van der Waals surface area contributed by atoms with Crippen molar-refractivity contribution in [3.05, 3.63) is 29.6 Å². The van der Waals surface area contributed by atoms with Gasteiger partial charge in [-0.05, 0) is 25.0 Å². The molecule has 0 saturated carbocycles. The first-order valence-electron chi connectivity index (χ1n) is 7.24. The second-order valence-electron chi connectivity index (χ2n) is 5.09. The molecule has 3 rings (SSSR count). The Kier molecular flexibility index (Phi) is 3.70. The van der Waals surface area contributed by atoms with Crippen LogP contribution < -0.4 is 9.47 Å². The number of hydrogen-bond acceptors (Lipinski definition) is 5. The van der Waals surface area contributed by atoms with Gasteiger partial charge in [0.05, 0.1) is 11.4 Å². The second-order valence-corrected chi connectivity index (χ2v) is 5.09. The van der Waals surface area contributed by atoms with E-state index in [4.69, 9.17) is 9.47 Å². The van der Waals surface area contributed by atoms with Crippen LogP contribution in [0.2, 0.25) is 0 Å². The highest BCUT2D eigenvalue weighted by atomic mass is 16.7. The van der Waals surface area contributed by atoms with Crippen molar-refractivity contribution in [2.24, 2.45) is 0 Å². The summed E-state index contributed by atoms with van der Waals surface area (Å²) in [6.45, 7) is 4.24. The molecule has 7 heteroatoms. The highest BCUT2D eigenvalue weighted by Gasteiger charge is 2.26. The Morgan fingerprint density at radius 2 is 2.05 bits per heavy atom. The summed E-state index contributed by atoms with van der Waals surface area (Å²) in [5.41, 5.74) is 1.34. The molecule has 1 aliphatic rings. The van der Waals surface area contributed by atoms with Gasteiger partial charge in [-0.15, -0.1) is 5.10 Å². The summed E-state index contributed by atoms with van der Waals surface area (Å²) in [5.74, 6) is 0.312. The zero-order valence-electron chi connectivity index (χ0n) is 12.4. The van der Waals surface area contributed by atoms with Gasteiger partial charge in [0.1, 0.15) is 0 Å². The number of aromatic carboxylic acids is 1. The standard InChI is InChI=1S/C15H17N3O4/c1-3-9(4-2)14-13(15(19)20)16-17-18(14)10-5-6-11-12(7-10)22-8-21-11/h5-7,9H,3-4,8H2,1-2H3,(H,19,20). The molecule has 0 aliphatic carbocycles. The zero-order valence-corrected chi connectivity index (χ0v) is 12.4. The maximum atomic E-state index is 11.4. The molecule has 0 fully saturated rings. The molecule has 1 aliphatic heterocycles. The number of benzene rings is 1. The van der Waals surface area contributed by atoms with Gasteiger partial charge in [-0.1, -0.05) is 19.1 Å². The van der Waals surface area contributed by atoms with E-state index in [2.05, 4.69) is 10.3 Å². The van der Waals surface area contributed by atoms with E-state index in [1.54, 1.807) is 16.8 Å². The number of rotatable bonds is 5. The van der Waals surface area contributed by atoms with Crippen LogP contribution in [0.5, 0.6) is 11.5 Å². The van der Waals surface area contributed by atoms with E-state index in [-0.39, 0.29) is 18.4 Å². The van der Waals surface area contributed by atoms with Gasteiger partial charge < -0.3 is 14.6 Å². The van der Waals surface area contributed by atoms with Gasteiger partial charge in [0.15, 0.2) is 17.2 Å². The predicted molar refractivity (Wildman–Crippen MR) is 77.8 cm³/mol. The van der Waals surface area contributed by atoms with Crippen LogP contribution in [0.4, 0.5) is 0 Å². The van der Waals surface area contributed by atoms with Crippen LogP contribution in [0.15, 0.2) is 18.2 Å². The van der Waals surface area contributed by atoms with Crippen molar-refractivity contribution in [2.45, 2.75) is 32.6 Å². The number of nitrogens with zero attached hydrogens (tertiary/aromatic N) is 3. The van der Waals surface area contributed by atoms with Gasteiger partial charge in [-0.25, -0.2) is 9.48 Å². The Morgan fingerprint density at radius 3 is 2.73 bits per heavy atom. The Bertz CT molecular complexity index is 707. The van der Waals surface area contributed by atoms with E-state index in [1.807, 2.05) is 19.9 Å². The van der Waals surface area contributed by atoms with Crippen LogP contribution in [0.25, 0.3) is 5.69 Å². The first-order chi connectivity index (χ1) is 10.7. The second kappa shape index (κ2) is 5.67. The molecule has 116 valence electrons. The van der Waals surface area contributed by atoms with Gasteiger partial charge in [0, 0.05) is 12.0 Å². The van der Waals surface area contributed by atoms with Crippen molar-refractivity contribution < 1.29 is 19.4 Å². The average Bonchev–Trinajstić information content (AvgIpc) is 3.14. The molecular formula is C15H17N3O4. The summed E-state index contributed by atoms with van der Waals surface area (Å²) >= 11 is 0. The van der Waals surface area contributed by atoms with Crippen molar-refractivity contribution in [3.63, 3.8) is 0 Å². The number of carboxylic acids is 1. The van der Waals surface area contributed by atoms with Crippen molar-refractivity contribution in [1.82, 2.24) is 15.0 Å². The molecule has 2 heterocycles. The molecule has 1 N–H and O–H groups in total. The monoisotopic (exact) mass is 303 g/mol. The van der Waals surface area contributed by atoms with Crippen molar-refractivity contribution in [2.75, 3.05) is 6.79 Å². The molecule has 0 bridgehead atoms. The van der Waals surface area contributed by atoms with Crippen LogP contribution in [-0.2, 0) is 0 Å². The van der Waals surface area contributed by atoms with Gasteiger partial charge in [0.2, 0.25) is 6.79 Å². The summed E-state index contributed by atoms with van der Waals surface area (Å²) in [6, 6.07) is 5.39. The fourth-order valence-electron chi connectivity index (χ4n) is 2.69. The third-order valence-corrected chi connectivity index (χ3v) is 3.88. The lowest BCUT2D eigenvalue weighted by molar-refractivity contribution is 0.0688. The molecule has 22 heavy (non-hydrogen) atoms. The molecular weight excluding hydrogens is 286 g/mol. The first-order valence-corrected chi connectivity index (χ1v) is 7.24. The highest BCUT2D eigenvalue weighted by molar-refractivity contribution is 5.86. The molecule has 0 atom stereocenters. The molecule has 1 aromatic heterocycles. The maximum absolute atomic E-state index is 11.4. The SMILES string of the molecule is CCC(CC)c1c(C(=O)O)nnn1-c1ccc2c(c1)OCO2. The third-order valence-electron chi connectivity index (χ3n) is 3.88.